The molecule has 104 valence electrons. The lowest BCUT2D eigenvalue weighted by Gasteiger charge is -2.10. The first-order valence-corrected chi connectivity index (χ1v) is 7.71. The van der Waals surface area contributed by atoms with Crippen LogP contribution in [0.15, 0.2) is 6.20 Å². The molecule has 1 aliphatic rings. The standard InChI is InChI=1S/C11H15N3O4S/c1-7-9(10(15)16)5-13-11(14-7)12-4-8-2-3-19(17,18)6-8/h5,8H,2-4,6H2,1H3,(H,15,16)(H,12,13,14). The number of carbonyl (C=O) groups is 1. The Labute approximate surface area is 111 Å². The number of rotatable bonds is 4. The Morgan fingerprint density at radius 1 is 1.58 bits per heavy atom. The van der Waals surface area contributed by atoms with Gasteiger partial charge in [0.05, 0.1) is 22.8 Å². The molecule has 1 aromatic rings. The van der Waals surface area contributed by atoms with Crippen molar-refractivity contribution in [3.63, 3.8) is 0 Å². The van der Waals surface area contributed by atoms with Crippen LogP contribution in [-0.2, 0) is 9.84 Å². The zero-order chi connectivity index (χ0) is 14.0. The Kier molecular flexibility index (Phi) is 3.70. The second kappa shape index (κ2) is 5.12. The average molecular weight is 285 g/mol. The van der Waals surface area contributed by atoms with Gasteiger partial charge in [-0.2, -0.15) is 0 Å². The largest absolute Gasteiger partial charge is 0.478 e. The quantitative estimate of drug-likeness (QED) is 0.820. The minimum absolute atomic E-state index is 0.0630. The van der Waals surface area contributed by atoms with E-state index < -0.39 is 15.8 Å². The highest BCUT2D eigenvalue weighted by Gasteiger charge is 2.27. The van der Waals surface area contributed by atoms with Gasteiger partial charge in [-0.1, -0.05) is 0 Å². The van der Waals surface area contributed by atoms with Gasteiger partial charge in [0.15, 0.2) is 9.84 Å². The van der Waals surface area contributed by atoms with Crippen LogP contribution in [0.3, 0.4) is 0 Å². The highest BCUT2D eigenvalue weighted by atomic mass is 32.2. The number of carboxylic acids is 1. The van der Waals surface area contributed by atoms with Gasteiger partial charge in [-0.25, -0.2) is 23.2 Å². The summed E-state index contributed by atoms with van der Waals surface area (Å²) < 4.78 is 22.6. The van der Waals surface area contributed by atoms with E-state index in [4.69, 9.17) is 5.11 Å². The van der Waals surface area contributed by atoms with E-state index in [2.05, 4.69) is 15.3 Å². The van der Waals surface area contributed by atoms with Gasteiger partial charge >= 0.3 is 5.97 Å². The summed E-state index contributed by atoms with van der Waals surface area (Å²) in [5.74, 6) is -0.255. The molecule has 1 atom stereocenters. The third kappa shape index (κ3) is 3.40. The minimum Gasteiger partial charge on any atom is -0.478 e. The molecule has 1 fully saturated rings. The number of aromatic nitrogens is 2. The normalized spacial score (nSPS) is 21.2. The van der Waals surface area contributed by atoms with Gasteiger partial charge in [-0.15, -0.1) is 0 Å². The van der Waals surface area contributed by atoms with Crippen LogP contribution in [0.5, 0.6) is 0 Å². The molecule has 0 radical (unpaired) electrons. The van der Waals surface area contributed by atoms with E-state index in [9.17, 15) is 13.2 Å². The molecular weight excluding hydrogens is 270 g/mol. The van der Waals surface area contributed by atoms with Crippen LogP contribution in [0, 0.1) is 12.8 Å². The first kappa shape index (κ1) is 13.7. The second-order valence-corrected chi connectivity index (χ2v) is 6.88. The van der Waals surface area contributed by atoms with Crippen LogP contribution in [0.4, 0.5) is 5.95 Å². The molecule has 1 unspecified atom stereocenters. The Hall–Kier alpha value is -1.70. The molecule has 2 heterocycles. The van der Waals surface area contributed by atoms with Crippen molar-refractivity contribution in [1.29, 1.82) is 0 Å². The first-order chi connectivity index (χ1) is 8.87. The fraction of sp³-hybridized carbons (Fsp3) is 0.545. The van der Waals surface area contributed by atoms with Gasteiger partial charge in [0, 0.05) is 12.7 Å². The van der Waals surface area contributed by atoms with Crippen LogP contribution in [0.1, 0.15) is 22.5 Å². The molecule has 7 nitrogen and oxygen atoms in total. The van der Waals surface area contributed by atoms with Gasteiger partial charge in [-0.05, 0) is 19.3 Å². The van der Waals surface area contributed by atoms with Gasteiger partial charge < -0.3 is 10.4 Å². The van der Waals surface area contributed by atoms with Crippen molar-refractivity contribution in [2.75, 3.05) is 23.4 Å². The summed E-state index contributed by atoms with van der Waals surface area (Å²) in [6.45, 7) is 2.07. The van der Waals surface area contributed by atoms with E-state index >= 15 is 0 Å². The molecule has 2 rings (SSSR count). The summed E-state index contributed by atoms with van der Waals surface area (Å²) in [5.41, 5.74) is 0.443. The van der Waals surface area contributed by atoms with Gasteiger partial charge in [0.2, 0.25) is 5.95 Å². The predicted octanol–water partition coefficient (Wildman–Crippen LogP) is 0.330. The number of carboxylic acid groups (broad SMARTS) is 1. The van der Waals surface area contributed by atoms with Crippen molar-refractivity contribution in [3.8, 4) is 0 Å². The average Bonchev–Trinajstić information content (AvgIpc) is 2.66. The van der Waals surface area contributed by atoms with Gasteiger partial charge in [-0.3, -0.25) is 0 Å². The number of anilines is 1. The molecule has 0 bridgehead atoms. The van der Waals surface area contributed by atoms with Crippen molar-refractivity contribution >= 4 is 21.8 Å². The number of sulfone groups is 1. The van der Waals surface area contributed by atoms with Crippen molar-refractivity contribution < 1.29 is 18.3 Å². The minimum atomic E-state index is -2.88. The summed E-state index contributed by atoms with van der Waals surface area (Å²) in [7, 11) is -2.88. The number of hydrogen-bond donors (Lipinski definition) is 2. The van der Waals surface area contributed by atoms with Gasteiger partial charge in [0.25, 0.3) is 0 Å². The highest BCUT2D eigenvalue weighted by molar-refractivity contribution is 7.91. The van der Waals surface area contributed by atoms with E-state index in [0.717, 1.165) is 0 Å². The second-order valence-electron chi connectivity index (χ2n) is 4.65. The summed E-state index contributed by atoms with van der Waals surface area (Å²) in [5, 5.41) is 11.8. The molecule has 1 aromatic heterocycles. The van der Waals surface area contributed by atoms with E-state index in [0.29, 0.717) is 24.6 Å². The fourth-order valence-corrected chi connectivity index (χ4v) is 3.89. The molecule has 1 saturated heterocycles. The number of nitrogens with zero attached hydrogens (tertiary/aromatic N) is 2. The number of hydrogen-bond acceptors (Lipinski definition) is 6. The van der Waals surface area contributed by atoms with E-state index in [1.54, 1.807) is 6.92 Å². The molecule has 0 spiro atoms. The fourth-order valence-electron chi connectivity index (χ4n) is 2.03. The maximum absolute atomic E-state index is 11.3. The van der Waals surface area contributed by atoms with E-state index in [1.165, 1.54) is 6.20 Å². The molecule has 1 aliphatic heterocycles. The molecule has 19 heavy (non-hydrogen) atoms. The maximum Gasteiger partial charge on any atom is 0.339 e. The van der Waals surface area contributed by atoms with Crippen LogP contribution in [-0.4, -0.2) is 47.5 Å². The summed E-state index contributed by atoms with van der Waals surface area (Å²) in [6.07, 6.45) is 1.89. The number of aromatic carboxylic acids is 1. The van der Waals surface area contributed by atoms with E-state index in [-0.39, 0.29) is 23.0 Å². The van der Waals surface area contributed by atoms with Gasteiger partial charge in [0.1, 0.15) is 0 Å². The molecule has 0 aromatic carbocycles. The molecular formula is C11H15N3O4S. The van der Waals surface area contributed by atoms with E-state index in [1.807, 2.05) is 0 Å². The van der Waals surface area contributed by atoms with Crippen LogP contribution in [0.25, 0.3) is 0 Å². The SMILES string of the molecule is Cc1nc(NCC2CCS(=O)(=O)C2)ncc1C(=O)O. The third-order valence-corrected chi connectivity index (χ3v) is 4.92. The highest BCUT2D eigenvalue weighted by Crippen LogP contribution is 2.18. The Balaban J connectivity index is 1.97. The zero-order valence-corrected chi connectivity index (χ0v) is 11.3. The van der Waals surface area contributed by atoms with Crippen molar-refractivity contribution in [2.24, 2.45) is 5.92 Å². The van der Waals surface area contributed by atoms with Crippen LogP contribution < -0.4 is 5.32 Å². The van der Waals surface area contributed by atoms with Crippen LogP contribution in [0.2, 0.25) is 0 Å². The summed E-state index contributed by atoms with van der Waals surface area (Å²) >= 11 is 0. The lowest BCUT2D eigenvalue weighted by Crippen LogP contribution is -2.17. The van der Waals surface area contributed by atoms with Crippen LogP contribution >= 0.6 is 0 Å². The lowest BCUT2D eigenvalue weighted by atomic mass is 10.1. The Morgan fingerprint density at radius 3 is 2.84 bits per heavy atom. The Morgan fingerprint density at radius 2 is 2.32 bits per heavy atom. The smallest absolute Gasteiger partial charge is 0.339 e. The topological polar surface area (TPSA) is 109 Å². The zero-order valence-electron chi connectivity index (χ0n) is 10.5. The third-order valence-electron chi connectivity index (χ3n) is 3.09. The summed E-state index contributed by atoms with van der Waals surface area (Å²) in [6, 6.07) is 0. The summed E-state index contributed by atoms with van der Waals surface area (Å²) in [4.78, 5) is 18.7. The van der Waals surface area contributed by atoms with Crippen molar-refractivity contribution in [2.45, 2.75) is 13.3 Å². The predicted molar refractivity (Wildman–Crippen MR) is 69.0 cm³/mol. The first-order valence-electron chi connectivity index (χ1n) is 5.88. The number of nitrogens with one attached hydrogen (secondary N) is 1. The molecule has 2 N–H and O–H groups in total. The monoisotopic (exact) mass is 285 g/mol. The molecule has 8 heteroatoms. The number of aryl methyl sites for hydroxylation is 1. The molecule has 0 aliphatic carbocycles. The maximum atomic E-state index is 11.3. The molecule has 0 saturated carbocycles. The van der Waals surface area contributed by atoms with Crippen molar-refractivity contribution in [3.05, 3.63) is 17.5 Å². The Bertz CT molecular complexity index is 600. The lowest BCUT2D eigenvalue weighted by molar-refractivity contribution is 0.0695. The molecule has 0 amide bonds. The van der Waals surface area contributed by atoms with Crippen molar-refractivity contribution in [1.82, 2.24) is 9.97 Å².